The second-order valence-electron chi connectivity index (χ2n) is 29.8. The van der Waals surface area contributed by atoms with Gasteiger partial charge in [0.15, 0.2) is 0 Å². The van der Waals surface area contributed by atoms with Crippen LogP contribution in [0.2, 0.25) is 0 Å². The van der Waals surface area contributed by atoms with Gasteiger partial charge in [-0.2, -0.15) is 11.8 Å². The van der Waals surface area contributed by atoms with E-state index in [0.29, 0.717) is 60.0 Å². The van der Waals surface area contributed by atoms with Crippen LogP contribution in [0.25, 0.3) is 0 Å². The molecule has 0 heterocycles. The van der Waals surface area contributed by atoms with Crippen LogP contribution in [0.4, 0.5) is 4.79 Å². The zero-order valence-electron chi connectivity index (χ0n) is 67.0. The molecule has 2 unspecified atom stereocenters. The molecular formula is C79H124N10O20S. The Morgan fingerprint density at radius 1 is 0.445 bits per heavy atom. The van der Waals surface area contributed by atoms with Crippen LogP contribution in [-0.2, 0) is 90.9 Å². The van der Waals surface area contributed by atoms with Crippen molar-refractivity contribution >= 4 is 77.0 Å². The van der Waals surface area contributed by atoms with Crippen LogP contribution in [0, 0.1) is 29.6 Å². The van der Waals surface area contributed by atoms with Crippen molar-refractivity contribution < 1.29 is 96.1 Å². The first-order valence-corrected chi connectivity index (χ1v) is 39.3. The Bertz CT molecular complexity index is 3310. The Morgan fingerprint density at radius 3 is 1.39 bits per heavy atom. The summed E-state index contributed by atoms with van der Waals surface area (Å²) < 4.78 is 40.3. The van der Waals surface area contributed by atoms with Gasteiger partial charge in [-0.15, -0.1) is 0 Å². The van der Waals surface area contributed by atoms with Gasteiger partial charge in [0, 0.05) is 39.0 Å². The molecule has 0 spiro atoms. The normalized spacial score (nSPS) is 14.5. The van der Waals surface area contributed by atoms with Gasteiger partial charge >= 0.3 is 12.1 Å². The molecule has 0 fully saturated rings. The average molecular weight is 1570 g/mol. The maximum Gasteiger partial charge on any atom is 0.408 e. The van der Waals surface area contributed by atoms with Crippen molar-refractivity contribution in [3.63, 3.8) is 0 Å². The summed E-state index contributed by atoms with van der Waals surface area (Å²) in [6.45, 7) is 26.5. The SMILES string of the molecule is CCC(C)[C@H](NC(=O)[C@H](Cc1ccccc1)NC(=O)[C@H](Cc1ccc(OCC(C)C)cc1)NC(=O)[C@H](CO)NC(=O)[C@@H](NC(=O)[C@H](COCC(C)C)NC(=O)[C@H](Cc1ccc(OCC(C)C)cc1)NC(=O)COCCOCCNC(=O)[C@H](CC)NC(=O)OC(C)(C)C)C(C)OCC(C)C)C(=O)N[C@@H](CCSC)C(=O)O. The number of benzene rings is 3. The summed E-state index contributed by atoms with van der Waals surface area (Å²) in [4.78, 5) is 154. The molecule has 0 aromatic heterocycles. The minimum atomic E-state index is -1.82. The van der Waals surface area contributed by atoms with Crippen molar-refractivity contribution in [2.45, 2.75) is 208 Å². The molecule has 30 nitrogen and oxygen atoms in total. The molecule has 3 aromatic carbocycles. The Balaban J connectivity index is 1.99. The minimum absolute atomic E-state index is 0.0154. The van der Waals surface area contributed by atoms with Crippen molar-refractivity contribution in [2.24, 2.45) is 29.6 Å². The molecule has 0 saturated carbocycles. The topological polar surface area (TPSA) is 413 Å². The van der Waals surface area contributed by atoms with E-state index in [1.165, 1.54) is 18.7 Å². The first-order valence-electron chi connectivity index (χ1n) is 37.9. The van der Waals surface area contributed by atoms with E-state index in [4.69, 9.17) is 33.2 Å². The van der Waals surface area contributed by atoms with Gasteiger partial charge in [-0.3, -0.25) is 43.2 Å². The van der Waals surface area contributed by atoms with Gasteiger partial charge in [-0.05, 0) is 123 Å². The van der Waals surface area contributed by atoms with Crippen LogP contribution in [0.5, 0.6) is 11.5 Å². The predicted octanol–water partition coefficient (Wildman–Crippen LogP) is 4.73. The third-order valence-electron chi connectivity index (χ3n) is 16.6. The Morgan fingerprint density at radius 2 is 0.900 bits per heavy atom. The van der Waals surface area contributed by atoms with Crippen LogP contribution >= 0.6 is 11.8 Å². The summed E-state index contributed by atoms with van der Waals surface area (Å²) >= 11 is 1.40. The highest BCUT2D eigenvalue weighted by Gasteiger charge is 2.38. The summed E-state index contributed by atoms with van der Waals surface area (Å²) in [5, 5.41) is 47.7. The second kappa shape index (κ2) is 51.0. The highest BCUT2D eigenvalue weighted by atomic mass is 32.2. The number of rotatable bonds is 53. The fourth-order valence-corrected chi connectivity index (χ4v) is 10.9. The minimum Gasteiger partial charge on any atom is -0.493 e. The molecule has 0 bridgehead atoms. The fourth-order valence-electron chi connectivity index (χ4n) is 10.4. The highest BCUT2D eigenvalue weighted by Crippen LogP contribution is 2.19. The number of aliphatic hydroxyl groups is 1. The molecule has 0 radical (unpaired) electrons. The summed E-state index contributed by atoms with van der Waals surface area (Å²) in [6, 6.07) is 9.65. The van der Waals surface area contributed by atoms with Crippen LogP contribution in [0.15, 0.2) is 78.9 Å². The number of carbonyl (C=O) groups is 11. The van der Waals surface area contributed by atoms with E-state index in [1.54, 1.807) is 127 Å². The monoisotopic (exact) mass is 1560 g/mol. The van der Waals surface area contributed by atoms with E-state index in [-0.39, 0.29) is 88.9 Å². The number of hydrogen-bond donors (Lipinski definition) is 12. The number of carboxylic acid groups (broad SMARTS) is 1. The lowest BCUT2D eigenvalue weighted by atomic mass is 9.96. The first kappa shape index (κ1) is 95.6. The van der Waals surface area contributed by atoms with Crippen molar-refractivity contribution in [1.82, 2.24) is 53.2 Å². The van der Waals surface area contributed by atoms with Crippen molar-refractivity contribution in [3.05, 3.63) is 95.6 Å². The van der Waals surface area contributed by atoms with Gasteiger partial charge in [-0.1, -0.05) is 137 Å². The van der Waals surface area contributed by atoms with Crippen molar-refractivity contribution in [3.8, 4) is 11.5 Å². The molecule has 616 valence electrons. The molecule has 3 rings (SSSR count). The smallest absolute Gasteiger partial charge is 0.408 e. The van der Waals surface area contributed by atoms with Crippen LogP contribution in [0.1, 0.15) is 140 Å². The van der Waals surface area contributed by atoms with Gasteiger partial charge in [0.05, 0.1) is 52.4 Å². The summed E-state index contributed by atoms with van der Waals surface area (Å²) in [7, 11) is 0. The molecule has 0 aliphatic carbocycles. The highest BCUT2D eigenvalue weighted by molar-refractivity contribution is 7.98. The number of thioether (sulfide) groups is 1. The number of amides is 10. The van der Waals surface area contributed by atoms with E-state index in [9.17, 15) is 58.2 Å². The molecular weight excluding hydrogens is 1440 g/mol. The maximum atomic E-state index is 15.0. The van der Waals surface area contributed by atoms with Crippen LogP contribution in [-0.4, -0.2) is 226 Å². The number of ether oxygens (including phenoxy) is 7. The number of alkyl carbamates (subject to hydrolysis) is 1. The van der Waals surface area contributed by atoms with Crippen LogP contribution in [0.3, 0.4) is 0 Å². The van der Waals surface area contributed by atoms with Gasteiger partial charge in [0.2, 0.25) is 53.2 Å². The number of hydrogen-bond acceptors (Lipinski definition) is 20. The zero-order chi connectivity index (χ0) is 82.0. The molecule has 0 aliphatic rings. The number of aliphatic hydroxyl groups excluding tert-OH is 1. The Hall–Kier alpha value is -8.62. The fraction of sp³-hybridized carbons (Fsp3) is 0.633. The quantitative estimate of drug-likeness (QED) is 0.0340. The first-order chi connectivity index (χ1) is 52.1. The second-order valence-corrected chi connectivity index (χ2v) is 30.8. The third kappa shape index (κ3) is 38.3. The molecule has 12 N–H and O–H groups in total. The van der Waals surface area contributed by atoms with Crippen molar-refractivity contribution in [2.75, 3.05) is 84.6 Å². The zero-order valence-corrected chi connectivity index (χ0v) is 67.9. The molecule has 3 aromatic rings. The molecule has 110 heavy (non-hydrogen) atoms. The molecule has 0 saturated heterocycles. The standard InChI is InChI=1S/C79H124N10O20S/c1-17-52(11)67(75(98)82-60(77(100)101)32-37-110-16)88-72(95)63(38-54-22-20-19-21-23-54)83-71(94)62(40-56-26-30-58(31-27-56)108-45-51(9)10)84-73(96)64(41-90)85-76(99)68(53(12)106-43-49(5)6)89-74(97)65(46-105-42-48(3)4)86-70(93)61(39-55-24-28-57(29-25-55)107-44-50(7)8)81-66(91)47-104-36-35-103-34-33-80-69(92)59(18-2)87-78(102)109-79(13,14)15/h19-31,48-53,59-65,67-68,90H,17-18,32-47H2,1-16H3,(H,80,92)(H,81,91)(H,82,98)(H,83,94)(H,84,96)(H,85,99)(H,86,93)(H,87,102)(H,88,95)(H,89,97)(H,100,101)/t52?,53?,59-,60-,61-,62-,63-,64-,65-,67-,68-/m0/s1. The molecule has 11 atom stereocenters. The third-order valence-corrected chi connectivity index (χ3v) is 17.2. The summed E-state index contributed by atoms with van der Waals surface area (Å²) in [5.74, 6) is -7.40. The number of aliphatic carboxylic acids is 1. The predicted molar refractivity (Wildman–Crippen MR) is 418 cm³/mol. The Kier molecular flexibility index (Phi) is 44.3. The van der Waals surface area contributed by atoms with E-state index >= 15 is 4.79 Å². The van der Waals surface area contributed by atoms with Crippen molar-refractivity contribution in [1.29, 1.82) is 0 Å². The van der Waals surface area contributed by atoms with Gasteiger partial charge in [-0.25, -0.2) is 9.59 Å². The molecule has 10 amide bonds. The van der Waals surface area contributed by atoms with Gasteiger partial charge < -0.3 is 96.5 Å². The van der Waals surface area contributed by atoms with E-state index in [1.807, 2.05) is 55.4 Å². The lowest BCUT2D eigenvalue weighted by molar-refractivity contribution is -0.142. The number of carboxylic acids is 1. The van der Waals surface area contributed by atoms with Crippen LogP contribution < -0.4 is 62.6 Å². The number of nitrogens with one attached hydrogen (secondary N) is 10. The summed E-state index contributed by atoms with van der Waals surface area (Å²) in [6.07, 6.45) is 0.303. The summed E-state index contributed by atoms with van der Waals surface area (Å²) in [5.41, 5.74) is 0.952. The van der Waals surface area contributed by atoms with E-state index in [2.05, 4.69) is 53.2 Å². The molecule has 31 heteroatoms. The average Bonchev–Trinajstić information content (AvgIpc) is 0.843. The maximum absolute atomic E-state index is 15.0. The Labute approximate surface area is 653 Å². The lowest BCUT2D eigenvalue weighted by Gasteiger charge is -2.30. The van der Waals surface area contributed by atoms with Gasteiger partial charge in [0.1, 0.15) is 78.1 Å². The lowest BCUT2D eigenvalue weighted by Crippen LogP contribution is -2.63. The largest absolute Gasteiger partial charge is 0.493 e. The van der Waals surface area contributed by atoms with E-state index in [0.717, 1.165) is 0 Å². The van der Waals surface area contributed by atoms with Gasteiger partial charge in [0.25, 0.3) is 0 Å². The van der Waals surface area contributed by atoms with E-state index < -0.39 is 157 Å². The molecule has 0 aliphatic heterocycles. The number of carbonyl (C=O) groups excluding carboxylic acids is 10.